The Balaban J connectivity index is 2.22. The zero-order valence-electron chi connectivity index (χ0n) is 11.0. The number of carbonyl (C=O) groups is 1. The number of nitrogens with zero attached hydrogens (tertiary/aromatic N) is 2. The van der Waals surface area contributed by atoms with Crippen molar-refractivity contribution in [1.82, 2.24) is 15.1 Å². The number of aliphatic hydroxyl groups is 1. The molecular formula is C14H17N3O2. The lowest BCUT2D eigenvalue weighted by Crippen LogP contribution is -2.18. The summed E-state index contributed by atoms with van der Waals surface area (Å²) in [6.07, 6.45) is 1.98. The molecule has 0 aliphatic carbocycles. The first-order chi connectivity index (χ1) is 9.15. The van der Waals surface area contributed by atoms with Gasteiger partial charge in [-0.1, -0.05) is 19.1 Å². The molecular weight excluding hydrogens is 242 g/mol. The Morgan fingerprint density at radius 2 is 2.05 bits per heavy atom. The van der Waals surface area contributed by atoms with Gasteiger partial charge in [0.1, 0.15) is 0 Å². The third-order valence-electron chi connectivity index (χ3n) is 2.98. The van der Waals surface area contributed by atoms with Gasteiger partial charge in [-0.3, -0.25) is 4.79 Å². The monoisotopic (exact) mass is 259 g/mol. The van der Waals surface area contributed by atoms with Crippen molar-refractivity contribution in [3.05, 3.63) is 47.8 Å². The molecule has 19 heavy (non-hydrogen) atoms. The molecule has 5 heteroatoms. The molecule has 0 aliphatic heterocycles. The highest BCUT2D eigenvalue weighted by Crippen LogP contribution is 2.18. The fraction of sp³-hybridized carbons (Fsp3) is 0.286. The fourth-order valence-electron chi connectivity index (χ4n) is 1.80. The van der Waals surface area contributed by atoms with Crippen LogP contribution in [0.1, 0.15) is 35.5 Å². The number of benzene rings is 1. The quantitative estimate of drug-likeness (QED) is 0.877. The first-order valence-corrected chi connectivity index (χ1v) is 6.22. The van der Waals surface area contributed by atoms with Gasteiger partial charge in [-0.05, 0) is 30.2 Å². The first kappa shape index (κ1) is 13.3. The van der Waals surface area contributed by atoms with Crippen LogP contribution in [0.15, 0.2) is 36.5 Å². The van der Waals surface area contributed by atoms with Gasteiger partial charge in [-0.2, -0.15) is 5.10 Å². The van der Waals surface area contributed by atoms with Crippen molar-refractivity contribution in [2.75, 3.05) is 7.05 Å². The van der Waals surface area contributed by atoms with Crippen LogP contribution >= 0.6 is 0 Å². The number of aromatic nitrogens is 2. The van der Waals surface area contributed by atoms with Crippen LogP contribution in [0.25, 0.3) is 5.69 Å². The molecule has 1 atom stereocenters. The molecule has 1 heterocycles. The standard InChI is InChI=1S/C14H17N3O2/c1-3-13(18)10-4-6-11(7-5-10)17-9-8-12(16-17)14(19)15-2/h4-9,13,18H,3H2,1-2H3,(H,15,19)/t13-/m1/s1. The molecule has 0 aliphatic rings. The predicted molar refractivity (Wildman–Crippen MR) is 72.2 cm³/mol. The number of hydrogen-bond acceptors (Lipinski definition) is 3. The number of nitrogens with one attached hydrogen (secondary N) is 1. The van der Waals surface area contributed by atoms with E-state index < -0.39 is 6.10 Å². The Morgan fingerprint density at radius 3 is 2.63 bits per heavy atom. The minimum atomic E-state index is -0.437. The normalized spacial score (nSPS) is 12.2. The summed E-state index contributed by atoms with van der Waals surface area (Å²) in [5.74, 6) is -0.211. The summed E-state index contributed by atoms with van der Waals surface area (Å²) >= 11 is 0. The van der Waals surface area contributed by atoms with Crippen LogP contribution in [0.5, 0.6) is 0 Å². The van der Waals surface area contributed by atoms with E-state index in [-0.39, 0.29) is 5.91 Å². The average molecular weight is 259 g/mol. The minimum Gasteiger partial charge on any atom is -0.388 e. The molecule has 0 saturated heterocycles. The molecule has 1 amide bonds. The largest absolute Gasteiger partial charge is 0.388 e. The van der Waals surface area contributed by atoms with E-state index in [1.165, 1.54) is 0 Å². The summed E-state index contributed by atoms with van der Waals surface area (Å²) < 4.78 is 1.63. The highest BCUT2D eigenvalue weighted by atomic mass is 16.3. The van der Waals surface area contributed by atoms with Gasteiger partial charge in [-0.15, -0.1) is 0 Å². The van der Waals surface area contributed by atoms with E-state index in [0.29, 0.717) is 12.1 Å². The Morgan fingerprint density at radius 1 is 1.37 bits per heavy atom. The van der Waals surface area contributed by atoms with Crippen molar-refractivity contribution < 1.29 is 9.90 Å². The average Bonchev–Trinajstić information content (AvgIpc) is 2.95. The number of aliphatic hydroxyl groups excluding tert-OH is 1. The van der Waals surface area contributed by atoms with E-state index in [1.54, 1.807) is 24.0 Å². The summed E-state index contributed by atoms with van der Waals surface area (Å²) in [6.45, 7) is 1.93. The molecule has 1 aromatic heterocycles. The molecule has 0 spiro atoms. The summed E-state index contributed by atoms with van der Waals surface area (Å²) in [5.41, 5.74) is 2.10. The summed E-state index contributed by atoms with van der Waals surface area (Å²) in [4.78, 5) is 11.4. The van der Waals surface area contributed by atoms with Crippen molar-refractivity contribution >= 4 is 5.91 Å². The Hall–Kier alpha value is -2.14. The number of hydrogen-bond donors (Lipinski definition) is 2. The van der Waals surface area contributed by atoms with E-state index in [1.807, 2.05) is 31.2 Å². The van der Waals surface area contributed by atoms with Crippen LogP contribution in [0.3, 0.4) is 0 Å². The number of carbonyl (C=O) groups excluding carboxylic acids is 1. The van der Waals surface area contributed by atoms with Gasteiger partial charge in [-0.25, -0.2) is 4.68 Å². The maximum absolute atomic E-state index is 11.4. The highest BCUT2D eigenvalue weighted by Gasteiger charge is 2.09. The van der Waals surface area contributed by atoms with Gasteiger partial charge < -0.3 is 10.4 Å². The van der Waals surface area contributed by atoms with Gasteiger partial charge in [0.15, 0.2) is 5.69 Å². The van der Waals surface area contributed by atoms with Crippen molar-refractivity contribution in [1.29, 1.82) is 0 Å². The molecule has 0 fully saturated rings. The van der Waals surface area contributed by atoms with E-state index >= 15 is 0 Å². The third-order valence-corrected chi connectivity index (χ3v) is 2.98. The van der Waals surface area contributed by atoms with Gasteiger partial charge in [0.05, 0.1) is 11.8 Å². The van der Waals surface area contributed by atoms with E-state index in [4.69, 9.17) is 0 Å². The predicted octanol–water partition coefficient (Wildman–Crippen LogP) is 1.68. The summed E-state index contributed by atoms with van der Waals surface area (Å²) in [6, 6.07) is 9.13. The van der Waals surface area contributed by atoms with Crippen LogP contribution in [0.2, 0.25) is 0 Å². The topological polar surface area (TPSA) is 67.2 Å². The Kier molecular flexibility index (Phi) is 3.97. The second-order valence-electron chi connectivity index (χ2n) is 4.24. The van der Waals surface area contributed by atoms with Crippen LogP contribution in [-0.4, -0.2) is 27.8 Å². The molecule has 0 radical (unpaired) electrons. The lowest BCUT2D eigenvalue weighted by Gasteiger charge is -2.08. The van der Waals surface area contributed by atoms with Gasteiger partial charge in [0.2, 0.25) is 0 Å². The molecule has 1 aromatic carbocycles. The van der Waals surface area contributed by atoms with E-state index in [2.05, 4.69) is 10.4 Å². The summed E-state index contributed by atoms with van der Waals surface area (Å²) in [7, 11) is 1.57. The second kappa shape index (κ2) is 5.67. The zero-order chi connectivity index (χ0) is 13.8. The van der Waals surface area contributed by atoms with Gasteiger partial charge in [0.25, 0.3) is 5.91 Å². The Labute approximate surface area is 111 Å². The van der Waals surface area contributed by atoms with Crippen molar-refractivity contribution in [3.8, 4) is 5.69 Å². The lowest BCUT2D eigenvalue weighted by atomic mass is 10.1. The molecule has 2 rings (SSSR count). The van der Waals surface area contributed by atoms with Crippen molar-refractivity contribution in [2.45, 2.75) is 19.4 Å². The third kappa shape index (κ3) is 2.82. The van der Waals surface area contributed by atoms with Crippen LogP contribution in [-0.2, 0) is 0 Å². The van der Waals surface area contributed by atoms with Crippen LogP contribution < -0.4 is 5.32 Å². The van der Waals surface area contributed by atoms with Crippen molar-refractivity contribution in [3.63, 3.8) is 0 Å². The van der Waals surface area contributed by atoms with Gasteiger partial charge >= 0.3 is 0 Å². The molecule has 0 bridgehead atoms. The van der Waals surface area contributed by atoms with Gasteiger partial charge in [0, 0.05) is 13.2 Å². The van der Waals surface area contributed by atoms with Crippen LogP contribution in [0, 0.1) is 0 Å². The molecule has 2 aromatic rings. The Bertz CT molecular complexity index is 560. The fourth-order valence-corrected chi connectivity index (χ4v) is 1.80. The maximum atomic E-state index is 11.4. The number of rotatable bonds is 4. The molecule has 2 N–H and O–H groups in total. The van der Waals surface area contributed by atoms with E-state index in [0.717, 1.165) is 11.3 Å². The lowest BCUT2D eigenvalue weighted by molar-refractivity contribution is 0.0957. The SMILES string of the molecule is CC[C@@H](O)c1ccc(-n2ccc(C(=O)NC)n2)cc1. The second-order valence-corrected chi connectivity index (χ2v) is 4.24. The first-order valence-electron chi connectivity index (χ1n) is 6.22. The smallest absolute Gasteiger partial charge is 0.271 e. The number of amides is 1. The molecule has 100 valence electrons. The molecule has 0 saturated carbocycles. The highest BCUT2D eigenvalue weighted by molar-refractivity contribution is 5.91. The maximum Gasteiger partial charge on any atom is 0.271 e. The summed E-state index contributed by atoms with van der Waals surface area (Å²) in [5, 5.41) is 16.4. The molecule has 0 unspecified atom stereocenters. The van der Waals surface area contributed by atoms with Crippen LogP contribution in [0.4, 0.5) is 0 Å². The van der Waals surface area contributed by atoms with E-state index in [9.17, 15) is 9.90 Å². The minimum absolute atomic E-state index is 0.211. The zero-order valence-corrected chi connectivity index (χ0v) is 11.0. The molecule has 5 nitrogen and oxygen atoms in total. The van der Waals surface area contributed by atoms with Crippen molar-refractivity contribution in [2.24, 2.45) is 0 Å².